The minimum atomic E-state index is -0.0731. The van der Waals surface area contributed by atoms with Crippen molar-refractivity contribution in [2.24, 2.45) is 5.92 Å². The van der Waals surface area contributed by atoms with Crippen LogP contribution < -0.4 is 5.32 Å². The van der Waals surface area contributed by atoms with Gasteiger partial charge in [-0.3, -0.25) is 4.68 Å². The summed E-state index contributed by atoms with van der Waals surface area (Å²) in [5.41, 5.74) is 0. The Balaban J connectivity index is 1.60. The van der Waals surface area contributed by atoms with Gasteiger partial charge in [0.2, 0.25) is 0 Å². The molecule has 1 fully saturated rings. The molecule has 0 spiro atoms. The molecule has 1 saturated carbocycles. The number of aliphatic hydroxyl groups is 1. The second-order valence-electron chi connectivity index (χ2n) is 5.44. The number of nitrogens with zero attached hydrogens (tertiary/aromatic N) is 3. The van der Waals surface area contributed by atoms with Crippen LogP contribution in [0.1, 0.15) is 39.0 Å². The van der Waals surface area contributed by atoms with Gasteiger partial charge >= 0.3 is 0 Å². The SMILES string of the molecule is CC(CCn1cncn1)NCC1CCCC(O)C1. The van der Waals surface area contributed by atoms with Gasteiger partial charge in [-0.2, -0.15) is 5.10 Å². The van der Waals surface area contributed by atoms with Crippen molar-refractivity contribution in [1.29, 1.82) is 0 Å². The Labute approximate surface area is 109 Å². The molecular weight excluding hydrogens is 228 g/mol. The van der Waals surface area contributed by atoms with Crippen LogP contribution in [0.15, 0.2) is 12.7 Å². The van der Waals surface area contributed by atoms with Crippen LogP contribution in [0.25, 0.3) is 0 Å². The maximum absolute atomic E-state index is 9.63. The number of rotatable bonds is 6. The number of aryl methyl sites for hydroxylation is 1. The molecule has 3 atom stereocenters. The van der Waals surface area contributed by atoms with Crippen LogP contribution in [0, 0.1) is 5.92 Å². The highest BCUT2D eigenvalue weighted by atomic mass is 16.3. The molecule has 1 aromatic rings. The Kier molecular flexibility index (Phi) is 5.13. The maximum atomic E-state index is 9.63. The Morgan fingerprint density at radius 2 is 2.39 bits per heavy atom. The zero-order valence-electron chi connectivity index (χ0n) is 11.1. The average Bonchev–Trinajstić information content (AvgIpc) is 2.87. The van der Waals surface area contributed by atoms with Gasteiger partial charge in [0, 0.05) is 12.6 Å². The third-order valence-corrected chi connectivity index (χ3v) is 3.77. The summed E-state index contributed by atoms with van der Waals surface area (Å²) >= 11 is 0. The first-order valence-electron chi connectivity index (χ1n) is 6.98. The summed E-state index contributed by atoms with van der Waals surface area (Å²) in [7, 11) is 0. The Hall–Kier alpha value is -0.940. The Bertz CT molecular complexity index is 328. The van der Waals surface area contributed by atoms with E-state index in [0.717, 1.165) is 32.4 Å². The van der Waals surface area contributed by atoms with Crippen molar-refractivity contribution in [3.05, 3.63) is 12.7 Å². The number of aromatic nitrogens is 3. The van der Waals surface area contributed by atoms with E-state index in [1.807, 2.05) is 4.68 Å². The number of aliphatic hydroxyl groups excluding tert-OH is 1. The predicted octanol–water partition coefficient (Wildman–Crippen LogP) is 1.20. The van der Waals surface area contributed by atoms with Crippen molar-refractivity contribution < 1.29 is 5.11 Å². The van der Waals surface area contributed by atoms with Gasteiger partial charge in [0.1, 0.15) is 12.7 Å². The Morgan fingerprint density at radius 3 is 3.11 bits per heavy atom. The fourth-order valence-corrected chi connectivity index (χ4v) is 2.59. The maximum Gasteiger partial charge on any atom is 0.137 e. The van der Waals surface area contributed by atoms with Crippen LogP contribution in [-0.2, 0) is 6.54 Å². The molecule has 18 heavy (non-hydrogen) atoms. The number of hydrogen-bond donors (Lipinski definition) is 2. The summed E-state index contributed by atoms with van der Waals surface area (Å²) in [6, 6.07) is 0.480. The third-order valence-electron chi connectivity index (χ3n) is 3.77. The quantitative estimate of drug-likeness (QED) is 0.798. The highest BCUT2D eigenvalue weighted by molar-refractivity contribution is 4.75. The van der Waals surface area contributed by atoms with Crippen LogP contribution in [0.3, 0.4) is 0 Å². The lowest BCUT2D eigenvalue weighted by atomic mass is 9.87. The second-order valence-corrected chi connectivity index (χ2v) is 5.44. The monoisotopic (exact) mass is 252 g/mol. The van der Waals surface area contributed by atoms with Crippen LogP contribution in [0.5, 0.6) is 0 Å². The van der Waals surface area contributed by atoms with E-state index in [9.17, 15) is 5.11 Å². The summed E-state index contributed by atoms with van der Waals surface area (Å²) in [6.45, 7) is 4.13. The fourth-order valence-electron chi connectivity index (χ4n) is 2.59. The first-order valence-corrected chi connectivity index (χ1v) is 6.98. The second kappa shape index (κ2) is 6.85. The molecule has 0 aliphatic heterocycles. The van der Waals surface area contributed by atoms with Crippen LogP contribution in [0.2, 0.25) is 0 Å². The van der Waals surface area contributed by atoms with E-state index in [2.05, 4.69) is 22.3 Å². The number of hydrogen-bond acceptors (Lipinski definition) is 4. The van der Waals surface area contributed by atoms with Crippen molar-refractivity contribution in [3.8, 4) is 0 Å². The van der Waals surface area contributed by atoms with Gasteiger partial charge in [0.05, 0.1) is 6.10 Å². The molecule has 0 bridgehead atoms. The minimum Gasteiger partial charge on any atom is -0.393 e. The largest absolute Gasteiger partial charge is 0.393 e. The van der Waals surface area contributed by atoms with E-state index in [4.69, 9.17) is 0 Å². The van der Waals surface area contributed by atoms with Gasteiger partial charge < -0.3 is 10.4 Å². The average molecular weight is 252 g/mol. The van der Waals surface area contributed by atoms with E-state index < -0.39 is 0 Å². The normalized spacial score (nSPS) is 26.1. The van der Waals surface area contributed by atoms with Crippen LogP contribution in [0.4, 0.5) is 0 Å². The topological polar surface area (TPSA) is 63.0 Å². The molecular formula is C13H24N4O. The zero-order chi connectivity index (χ0) is 12.8. The standard InChI is InChI=1S/C13H24N4O/c1-11(5-6-17-10-14-9-16-17)15-8-12-3-2-4-13(18)7-12/h9-13,15,18H,2-8H2,1H3. The highest BCUT2D eigenvalue weighted by Gasteiger charge is 2.20. The smallest absolute Gasteiger partial charge is 0.137 e. The summed E-state index contributed by atoms with van der Waals surface area (Å²) < 4.78 is 1.86. The summed E-state index contributed by atoms with van der Waals surface area (Å²) in [5.74, 6) is 0.641. The summed E-state index contributed by atoms with van der Waals surface area (Å²) in [6.07, 6.45) is 8.67. The molecule has 0 aromatic carbocycles. The van der Waals surface area contributed by atoms with E-state index in [1.54, 1.807) is 12.7 Å². The lowest BCUT2D eigenvalue weighted by Crippen LogP contribution is -2.34. The zero-order valence-corrected chi connectivity index (χ0v) is 11.1. The summed E-state index contributed by atoms with van der Waals surface area (Å²) in [5, 5.41) is 17.3. The molecule has 1 heterocycles. The molecule has 5 heteroatoms. The molecule has 0 amide bonds. The molecule has 3 unspecified atom stereocenters. The molecule has 2 rings (SSSR count). The first-order chi connectivity index (χ1) is 8.74. The molecule has 1 aromatic heterocycles. The highest BCUT2D eigenvalue weighted by Crippen LogP contribution is 2.23. The Morgan fingerprint density at radius 1 is 1.50 bits per heavy atom. The first kappa shape index (κ1) is 13.5. The molecule has 102 valence electrons. The predicted molar refractivity (Wildman–Crippen MR) is 70.1 cm³/mol. The van der Waals surface area contributed by atoms with Gasteiger partial charge in [0.15, 0.2) is 0 Å². The molecule has 0 radical (unpaired) electrons. The lowest BCUT2D eigenvalue weighted by Gasteiger charge is -2.27. The van der Waals surface area contributed by atoms with Gasteiger partial charge in [-0.1, -0.05) is 6.42 Å². The minimum absolute atomic E-state index is 0.0731. The van der Waals surface area contributed by atoms with Gasteiger partial charge in [0.25, 0.3) is 0 Å². The van der Waals surface area contributed by atoms with Crippen molar-refractivity contribution >= 4 is 0 Å². The molecule has 1 aliphatic carbocycles. The van der Waals surface area contributed by atoms with Crippen molar-refractivity contribution in [3.63, 3.8) is 0 Å². The lowest BCUT2D eigenvalue weighted by molar-refractivity contribution is 0.0996. The number of nitrogens with one attached hydrogen (secondary N) is 1. The van der Waals surface area contributed by atoms with Gasteiger partial charge in [-0.05, 0) is 45.1 Å². The molecule has 0 saturated heterocycles. The molecule has 5 nitrogen and oxygen atoms in total. The molecule has 1 aliphatic rings. The molecule has 2 N–H and O–H groups in total. The summed E-state index contributed by atoms with van der Waals surface area (Å²) in [4.78, 5) is 3.93. The van der Waals surface area contributed by atoms with Gasteiger partial charge in [-0.15, -0.1) is 0 Å². The van der Waals surface area contributed by atoms with E-state index >= 15 is 0 Å². The fraction of sp³-hybridized carbons (Fsp3) is 0.846. The van der Waals surface area contributed by atoms with E-state index in [0.29, 0.717) is 12.0 Å². The van der Waals surface area contributed by atoms with Crippen LogP contribution in [-0.4, -0.2) is 38.6 Å². The van der Waals surface area contributed by atoms with Crippen molar-refractivity contribution in [2.75, 3.05) is 6.54 Å². The van der Waals surface area contributed by atoms with Crippen LogP contribution >= 0.6 is 0 Å². The van der Waals surface area contributed by atoms with Crippen molar-refractivity contribution in [2.45, 2.75) is 57.7 Å². The van der Waals surface area contributed by atoms with Crippen molar-refractivity contribution in [1.82, 2.24) is 20.1 Å². The van der Waals surface area contributed by atoms with Gasteiger partial charge in [-0.25, -0.2) is 4.98 Å². The van der Waals surface area contributed by atoms with E-state index in [-0.39, 0.29) is 6.10 Å². The third kappa shape index (κ3) is 4.38. The van der Waals surface area contributed by atoms with E-state index in [1.165, 1.54) is 12.8 Å².